The van der Waals surface area contributed by atoms with Gasteiger partial charge in [-0.15, -0.1) is 0 Å². The number of nitrogens with zero attached hydrogens (tertiary/aromatic N) is 1. The fourth-order valence-corrected chi connectivity index (χ4v) is 1.92. The van der Waals surface area contributed by atoms with E-state index < -0.39 is 0 Å². The van der Waals surface area contributed by atoms with E-state index in [0.29, 0.717) is 13.1 Å². The first-order chi connectivity index (χ1) is 7.66. The van der Waals surface area contributed by atoms with Crippen molar-refractivity contribution in [2.24, 2.45) is 11.7 Å². The maximum Gasteiger partial charge on any atom is 0.223 e. The van der Waals surface area contributed by atoms with Crippen LogP contribution in [0.15, 0.2) is 30.3 Å². The molecule has 2 N–H and O–H groups in total. The lowest BCUT2D eigenvalue weighted by Crippen LogP contribution is -2.28. The van der Waals surface area contributed by atoms with Gasteiger partial charge in [-0.1, -0.05) is 30.3 Å². The van der Waals surface area contributed by atoms with Gasteiger partial charge in [0, 0.05) is 19.5 Å². The average molecular weight is 218 g/mol. The largest absolute Gasteiger partial charge is 0.369 e. The van der Waals surface area contributed by atoms with E-state index in [9.17, 15) is 9.59 Å². The van der Waals surface area contributed by atoms with Crippen LogP contribution in [-0.2, 0) is 16.1 Å². The molecule has 1 heterocycles. The third-order valence-corrected chi connectivity index (χ3v) is 2.83. The Balaban J connectivity index is 2.02. The lowest BCUT2D eigenvalue weighted by molar-refractivity contribution is -0.128. The van der Waals surface area contributed by atoms with E-state index in [2.05, 4.69) is 0 Å². The van der Waals surface area contributed by atoms with Crippen molar-refractivity contribution in [2.45, 2.75) is 13.0 Å². The van der Waals surface area contributed by atoms with E-state index in [1.165, 1.54) is 0 Å². The zero-order valence-corrected chi connectivity index (χ0v) is 8.93. The topological polar surface area (TPSA) is 63.4 Å². The number of hydrogen-bond donors (Lipinski definition) is 1. The second-order valence-electron chi connectivity index (χ2n) is 4.06. The molecule has 0 aliphatic carbocycles. The molecule has 2 rings (SSSR count). The monoisotopic (exact) mass is 218 g/mol. The van der Waals surface area contributed by atoms with Crippen LogP contribution in [0.4, 0.5) is 0 Å². The normalized spacial score (nSPS) is 20.1. The summed E-state index contributed by atoms with van der Waals surface area (Å²) in [6.07, 6.45) is 0.252. The third kappa shape index (κ3) is 2.21. The van der Waals surface area contributed by atoms with Gasteiger partial charge in [0.2, 0.25) is 11.8 Å². The Kier molecular flexibility index (Phi) is 2.90. The predicted octanol–water partition coefficient (Wildman–Crippen LogP) is 0.520. The van der Waals surface area contributed by atoms with Crippen molar-refractivity contribution < 1.29 is 9.59 Å². The number of likely N-dealkylation sites (tertiary alicyclic amines) is 1. The molecule has 0 bridgehead atoms. The van der Waals surface area contributed by atoms with Crippen molar-refractivity contribution in [1.29, 1.82) is 0 Å². The first-order valence-corrected chi connectivity index (χ1v) is 5.28. The summed E-state index contributed by atoms with van der Waals surface area (Å²) in [7, 11) is 0. The lowest BCUT2D eigenvalue weighted by Gasteiger charge is -2.15. The Hall–Kier alpha value is -1.84. The van der Waals surface area contributed by atoms with Gasteiger partial charge in [-0.25, -0.2) is 0 Å². The molecule has 0 unspecified atom stereocenters. The highest BCUT2D eigenvalue weighted by atomic mass is 16.2. The number of amides is 2. The van der Waals surface area contributed by atoms with Crippen molar-refractivity contribution in [3.05, 3.63) is 35.9 Å². The van der Waals surface area contributed by atoms with Crippen molar-refractivity contribution in [3.63, 3.8) is 0 Å². The third-order valence-electron chi connectivity index (χ3n) is 2.83. The SMILES string of the molecule is NC(=O)[C@H]1CC(=O)N(Cc2ccccc2)C1. The van der Waals surface area contributed by atoms with Crippen LogP contribution in [0.2, 0.25) is 0 Å². The first kappa shape index (κ1) is 10.7. The minimum absolute atomic E-state index is 0.00709. The van der Waals surface area contributed by atoms with Crippen LogP contribution in [0.3, 0.4) is 0 Å². The Morgan fingerprint density at radius 2 is 2.06 bits per heavy atom. The molecule has 1 aromatic carbocycles. The fourth-order valence-electron chi connectivity index (χ4n) is 1.92. The van der Waals surface area contributed by atoms with Crippen molar-refractivity contribution in [2.75, 3.05) is 6.54 Å². The van der Waals surface area contributed by atoms with Gasteiger partial charge in [-0.3, -0.25) is 9.59 Å². The van der Waals surface area contributed by atoms with Crippen molar-refractivity contribution in [3.8, 4) is 0 Å². The van der Waals surface area contributed by atoms with E-state index >= 15 is 0 Å². The number of carbonyl (C=O) groups is 2. The molecule has 4 nitrogen and oxygen atoms in total. The fraction of sp³-hybridized carbons (Fsp3) is 0.333. The van der Waals surface area contributed by atoms with E-state index in [1.54, 1.807) is 4.90 Å². The van der Waals surface area contributed by atoms with E-state index in [1.807, 2.05) is 30.3 Å². The zero-order chi connectivity index (χ0) is 11.5. The smallest absolute Gasteiger partial charge is 0.223 e. The van der Waals surface area contributed by atoms with Gasteiger partial charge in [0.25, 0.3) is 0 Å². The maximum atomic E-state index is 11.6. The summed E-state index contributed by atoms with van der Waals surface area (Å²) < 4.78 is 0. The molecule has 1 saturated heterocycles. The van der Waals surface area contributed by atoms with Crippen LogP contribution >= 0.6 is 0 Å². The van der Waals surface area contributed by atoms with E-state index in [4.69, 9.17) is 5.73 Å². The van der Waals surface area contributed by atoms with E-state index in [0.717, 1.165) is 5.56 Å². The second-order valence-corrected chi connectivity index (χ2v) is 4.06. The highest BCUT2D eigenvalue weighted by Crippen LogP contribution is 2.19. The summed E-state index contributed by atoms with van der Waals surface area (Å²) in [5, 5.41) is 0. The molecular weight excluding hydrogens is 204 g/mol. The summed E-state index contributed by atoms with van der Waals surface area (Å²) in [4.78, 5) is 24.3. The number of primary amides is 1. The van der Waals surface area contributed by atoms with Gasteiger partial charge in [0.15, 0.2) is 0 Å². The summed E-state index contributed by atoms with van der Waals surface area (Å²) in [5.41, 5.74) is 6.27. The van der Waals surface area contributed by atoms with Gasteiger partial charge in [-0.05, 0) is 5.56 Å². The molecule has 1 aliphatic rings. The lowest BCUT2D eigenvalue weighted by atomic mass is 10.1. The second kappa shape index (κ2) is 4.35. The van der Waals surface area contributed by atoms with E-state index in [-0.39, 0.29) is 24.2 Å². The molecule has 4 heteroatoms. The number of nitrogens with two attached hydrogens (primary N) is 1. The molecule has 84 valence electrons. The summed E-state index contributed by atoms with van der Waals surface area (Å²) in [5.74, 6) is -0.701. The molecule has 1 aromatic rings. The van der Waals surface area contributed by atoms with Crippen LogP contribution in [0.5, 0.6) is 0 Å². The highest BCUT2D eigenvalue weighted by molar-refractivity contribution is 5.88. The van der Waals surface area contributed by atoms with Gasteiger partial charge < -0.3 is 10.6 Å². The molecule has 0 saturated carbocycles. The predicted molar refractivity (Wildman–Crippen MR) is 59.2 cm³/mol. The van der Waals surface area contributed by atoms with Gasteiger partial charge in [0.05, 0.1) is 5.92 Å². The standard InChI is InChI=1S/C12H14N2O2/c13-12(16)10-6-11(15)14(8-10)7-9-4-2-1-3-5-9/h1-5,10H,6-8H2,(H2,13,16)/t10-/m0/s1. The molecular formula is C12H14N2O2. The van der Waals surface area contributed by atoms with Crippen molar-refractivity contribution >= 4 is 11.8 Å². The van der Waals surface area contributed by atoms with Crippen LogP contribution in [-0.4, -0.2) is 23.3 Å². The van der Waals surface area contributed by atoms with Gasteiger partial charge >= 0.3 is 0 Å². The quantitative estimate of drug-likeness (QED) is 0.804. The maximum absolute atomic E-state index is 11.6. The Morgan fingerprint density at radius 1 is 1.38 bits per heavy atom. The molecule has 2 amide bonds. The van der Waals surface area contributed by atoms with Crippen LogP contribution < -0.4 is 5.73 Å². The zero-order valence-electron chi connectivity index (χ0n) is 8.93. The average Bonchev–Trinajstić information content (AvgIpc) is 2.62. The summed E-state index contributed by atoms with van der Waals surface area (Å²) in [6.45, 7) is 1.01. The van der Waals surface area contributed by atoms with Gasteiger partial charge in [-0.2, -0.15) is 0 Å². The first-order valence-electron chi connectivity index (χ1n) is 5.28. The number of hydrogen-bond acceptors (Lipinski definition) is 2. The molecule has 16 heavy (non-hydrogen) atoms. The van der Waals surface area contributed by atoms with Crippen LogP contribution in [0.1, 0.15) is 12.0 Å². The number of rotatable bonds is 3. The van der Waals surface area contributed by atoms with Crippen LogP contribution in [0.25, 0.3) is 0 Å². The number of benzene rings is 1. The number of carbonyl (C=O) groups excluding carboxylic acids is 2. The summed E-state index contributed by atoms with van der Waals surface area (Å²) >= 11 is 0. The molecule has 0 radical (unpaired) electrons. The molecule has 0 aromatic heterocycles. The molecule has 1 atom stereocenters. The van der Waals surface area contributed by atoms with Crippen LogP contribution in [0, 0.1) is 5.92 Å². The molecule has 1 aliphatic heterocycles. The van der Waals surface area contributed by atoms with Crippen molar-refractivity contribution in [1.82, 2.24) is 4.90 Å². The Labute approximate surface area is 94.0 Å². The summed E-state index contributed by atoms with van der Waals surface area (Å²) in [6, 6.07) is 9.72. The minimum atomic E-state index is -0.385. The minimum Gasteiger partial charge on any atom is -0.369 e. The molecule has 0 spiro atoms. The Morgan fingerprint density at radius 3 is 2.62 bits per heavy atom. The Bertz CT molecular complexity index is 403. The van der Waals surface area contributed by atoms with Gasteiger partial charge in [0.1, 0.15) is 0 Å². The highest BCUT2D eigenvalue weighted by Gasteiger charge is 2.32. The molecule has 1 fully saturated rings.